The van der Waals surface area contributed by atoms with E-state index in [1.54, 1.807) is 18.2 Å². The van der Waals surface area contributed by atoms with E-state index in [4.69, 9.17) is 17.3 Å². The lowest BCUT2D eigenvalue weighted by molar-refractivity contribution is 0.625. The largest absolute Gasteiger partial charge is 0.339 e. The summed E-state index contributed by atoms with van der Waals surface area (Å²) in [6, 6.07) is 12.2. The van der Waals surface area contributed by atoms with E-state index < -0.39 is 0 Å². The topological polar surface area (TPSA) is 29.3 Å². The maximum Gasteiger partial charge on any atom is 0.146 e. The average Bonchev–Trinajstić information content (AvgIpc) is 2.42. The second-order valence-corrected chi connectivity index (χ2v) is 4.54. The zero-order valence-electron chi connectivity index (χ0n) is 10.7. The summed E-state index contributed by atoms with van der Waals surface area (Å²) in [5, 5.41) is 0.606. The zero-order valence-corrected chi connectivity index (χ0v) is 11.5. The van der Waals surface area contributed by atoms with E-state index in [-0.39, 0.29) is 5.82 Å². The van der Waals surface area contributed by atoms with Crippen molar-refractivity contribution in [2.75, 3.05) is 11.4 Å². The highest BCUT2D eigenvalue weighted by molar-refractivity contribution is 6.31. The third-order valence-corrected chi connectivity index (χ3v) is 3.40. The zero-order chi connectivity index (χ0) is 13.8. The van der Waals surface area contributed by atoms with Crippen LogP contribution >= 0.6 is 11.6 Å². The molecule has 0 saturated carbocycles. The minimum atomic E-state index is -0.257. The van der Waals surface area contributed by atoms with Gasteiger partial charge < -0.3 is 10.6 Å². The Bertz CT molecular complexity index is 572. The lowest BCUT2D eigenvalue weighted by Crippen LogP contribution is -2.20. The summed E-state index contributed by atoms with van der Waals surface area (Å²) in [7, 11) is 0. The molecule has 2 aromatic rings. The van der Waals surface area contributed by atoms with Gasteiger partial charge in [-0.05, 0) is 31.2 Å². The van der Waals surface area contributed by atoms with Gasteiger partial charge >= 0.3 is 0 Å². The minimum absolute atomic E-state index is 0.257. The molecule has 0 saturated heterocycles. The second kappa shape index (κ2) is 6.04. The summed E-state index contributed by atoms with van der Waals surface area (Å²) in [6.45, 7) is 2.92. The van der Waals surface area contributed by atoms with Crippen molar-refractivity contribution in [2.24, 2.45) is 5.73 Å². The predicted octanol–water partition coefficient (Wildman–Crippen LogP) is 4.10. The molecule has 0 amide bonds. The Morgan fingerprint density at radius 3 is 2.42 bits per heavy atom. The number of nitrogens with two attached hydrogens (primary N) is 1. The van der Waals surface area contributed by atoms with Crippen LogP contribution in [0.2, 0.25) is 5.02 Å². The average molecular weight is 279 g/mol. The lowest BCUT2D eigenvalue weighted by atomic mass is 10.1. The number of para-hydroxylation sites is 1. The first-order chi connectivity index (χ1) is 9.19. The van der Waals surface area contributed by atoms with Crippen LogP contribution < -0.4 is 10.6 Å². The van der Waals surface area contributed by atoms with Gasteiger partial charge in [-0.3, -0.25) is 0 Å². The van der Waals surface area contributed by atoms with Crippen molar-refractivity contribution in [1.29, 1.82) is 0 Å². The van der Waals surface area contributed by atoms with Gasteiger partial charge in [0.1, 0.15) is 5.82 Å². The molecular weight excluding hydrogens is 263 g/mol. The minimum Gasteiger partial charge on any atom is -0.339 e. The molecule has 0 bridgehead atoms. The van der Waals surface area contributed by atoms with E-state index in [0.29, 0.717) is 23.8 Å². The summed E-state index contributed by atoms with van der Waals surface area (Å²) in [4.78, 5) is 1.88. The molecule has 0 fully saturated rings. The Hall–Kier alpha value is -1.58. The van der Waals surface area contributed by atoms with E-state index in [1.165, 1.54) is 6.07 Å². The standard InChI is InChI=1S/C15H16ClFN2/c1-2-19(15-8-4-3-7-13(15)17)14-9-5-6-12(16)11(14)10-18/h3-9H,2,10,18H2,1H3. The number of anilines is 2. The van der Waals surface area contributed by atoms with Crippen LogP contribution in [-0.2, 0) is 6.54 Å². The van der Waals surface area contributed by atoms with Gasteiger partial charge in [-0.2, -0.15) is 0 Å². The fourth-order valence-corrected chi connectivity index (χ4v) is 2.39. The molecule has 0 aliphatic rings. The van der Waals surface area contributed by atoms with Crippen molar-refractivity contribution < 1.29 is 4.39 Å². The predicted molar refractivity (Wildman–Crippen MR) is 78.4 cm³/mol. The Labute approximate surface area is 117 Å². The maximum absolute atomic E-state index is 13.9. The van der Waals surface area contributed by atoms with Crippen molar-refractivity contribution in [3.05, 3.63) is 58.9 Å². The first-order valence-electron chi connectivity index (χ1n) is 6.18. The third-order valence-electron chi connectivity index (χ3n) is 3.05. The molecule has 0 atom stereocenters. The fourth-order valence-electron chi connectivity index (χ4n) is 2.14. The molecule has 0 aromatic heterocycles. The number of nitrogens with zero attached hydrogens (tertiary/aromatic N) is 1. The van der Waals surface area contributed by atoms with Gasteiger partial charge in [0.15, 0.2) is 0 Å². The second-order valence-electron chi connectivity index (χ2n) is 4.14. The molecular formula is C15H16ClFN2. The smallest absolute Gasteiger partial charge is 0.146 e. The normalized spacial score (nSPS) is 10.5. The van der Waals surface area contributed by atoms with Gasteiger partial charge in [0.2, 0.25) is 0 Å². The molecule has 0 aliphatic carbocycles. The van der Waals surface area contributed by atoms with Crippen LogP contribution in [0.15, 0.2) is 42.5 Å². The van der Waals surface area contributed by atoms with Crippen LogP contribution in [0.25, 0.3) is 0 Å². The van der Waals surface area contributed by atoms with Crippen molar-refractivity contribution in [2.45, 2.75) is 13.5 Å². The van der Waals surface area contributed by atoms with Gasteiger partial charge in [-0.25, -0.2) is 4.39 Å². The molecule has 100 valence electrons. The number of hydrogen-bond acceptors (Lipinski definition) is 2. The van der Waals surface area contributed by atoms with E-state index in [2.05, 4.69) is 0 Å². The summed E-state index contributed by atoms with van der Waals surface area (Å²) in [5.41, 5.74) is 7.96. The first-order valence-corrected chi connectivity index (χ1v) is 6.56. The molecule has 0 unspecified atom stereocenters. The maximum atomic E-state index is 13.9. The number of halogens is 2. The number of rotatable bonds is 4. The molecule has 2 rings (SSSR count). The highest BCUT2D eigenvalue weighted by Gasteiger charge is 2.15. The van der Waals surface area contributed by atoms with Crippen molar-refractivity contribution in [3.8, 4) is 0 Å². The monoisotopic (exact) mass is 278 g/mol. The SMILES string of the molecule is CCN(c1ccccc1F)c1cccc(Cl)c1CN. The molecule has 0 heterocycles. The molecule has 2 nitrogen and oxygen atoms in total. The summed E-state index contributed by atoms with van der Waals surface area (Å²) in [6.07, 6.45) is 0. The van der Waals surface area contributed by atoms with Gasteiger partial charge in [-0.1, -0.05) is 29.8 Å². The summed E-state index contributed by atoms with van der Waals surface area (Å²) in [5.74, 6) is -0.257. The molecule has 2 aromatic carbocycles. The van der Waals surface area contributed by atoms with E-state index in [0.717, 1.165) is 11.3 Å². The van der Waals surface area contributed by atoms with Crippen molar-refractivity contribution in [3.63, 3.8) is 0 Å². The van der Waals surface area contributed by atoms with E-state index in [1.807, 2.05) is 30.0 Å². The Kier molecular flexibility index (Phi) is 4.40. The lowest BCUT2D eigenvalue weighted by Gasteiger charge is -2.26. The van der Waals surface area contributed by atoms with Crippen LogP contribution in [0.3, 0.4) is 0 Å². The first kappa shape index (κ1) is 13.8. The summed E-state index contributed by atoms with van der Waals surface area (Å²) >= 11 is 6.16. The van der Waals surface area contributed by atoms with E-state index >= 15 is 0 Å². The fraction of sp³-hybridized carbons (Fsp3) is 0.200. The van der Waals surface area contributed by atoms with Gasteiger partial charge in [0.05, 0.1) is 5.69 Å². The Morgan fingerprint density at radius 1 is 1.11 bits per heavy atom. The quantitative estimate of drug-likeness (QED) is 0.912. The van der Waals surface area contributed by atoms with Crippen LogP contribution in [0.4, 0.5) is 15.8 Å². The highest BCUT2D eigenvalue weighted by atomic mass is 35.5. The van der Waals surface area contributed by atoms with Crippen LogP contribution in [0, 0.1) is 5.82 Å². The van der Waals surface area contributed by atoms with Gasteiger partial charge in [0.25, 0.3) is 0 Å². The van der Waals surface area contributed by atoms with E-state index in [9.17, 15) is 4.39 Å². The van der Waals surface area contributed by atoms with Crippen molar-refractivity contribution in [1.82, 2.24) is 0 Å². The molecule has 0 spiro atoms. The summed E-state index contributed by atoms with van der Waals surface area (Å²) < 4.78 is 13.9. The Morgan fingerprint density at radius 2 is 1.79 bits per heavy atom. The van der Waals surface area contributed by atoms with Gasteiger partial charge in [-0.15, -0.1) is 0 Å². The van der Waals surface area contributed by atoms with Crippen molar-refractivity contribution >= 4 is 23.0 Å². The molecule has 19 heavy (non-hydrogen) atoms. The van der Waals surface area contributed by atoms with Crippen LogP contribution in [-0.4, -0.2) is 6.54 Å². The molecule has 0 radical (unpaired) electrons. The Balaban J connectivity index is 2.55. The molecule has 2 N–H and O–H groups in total. The molecule has 4 heteroatoms. The van der Waals surface area contributed by atoms with Gasteiger partial charge in [0, 0.05) is 29.4 Å². The van der Waals surface area contributed by atoms with Crippen LogP contribution in [0.1, 0.15) is 12.5 Å². The highest BCUT2D eigenvalue weighted by Crippen LogP contribution is 2.33. The number of benzene rings is 2. The molecule has 0 aliphatic heterocycles. The third kappa shape index (κ3) is 2.72. The van der Waals surface area contributed by atoms with Crippen LogP contribution in [0.5, 0.6) is 0 Å². The number of hydrogen-bond donors (Lipinski definition) is 1.